The minimum absolute atomic E-state index is 0.322. The van der Waals surface area contributed by atoms with Crippen molar-refractivity contribution < 1.29 is 14.3 Å². The monoisotopic (exact) mass is 369 g/mol. The maximum Gasteiger partial charge on any atom is 0.321 e. The van der Waals surface area contributed by atoms with Crippen molar-refractivity contribution in [1.29, 1.82) is 0 Å². The number of benzene rings is 2. The molecule has 6 nitrogen and oxygen atoms in total. The van der Waals surface area contributed by atoms with E-state index in [-0.39, 0.29) is 6.03 Å². The first-order valence-electron chi connectivity index (χ1n) is 7.96. The largest absolute Gasteiger partial charge is 0.497 e. The van der Waals surface area contributed by atoms with Crippen LogP contribution in [0.15, 0.2) is 54.7 Å². The zero-order chi connectivity index (χ0) is 18.4. The standard InChI is InChI=1S/C19H19N3O3S/c1-24-15-9-8-14(16(10-15)25-2)11-20-18(23)22-19-21-12-17(26-19)13-6-4-3-5-7-13/h3-10,12H,11H2,1-2H3,(H2,20,21,22,23). The van der Waals surface area contributed by atoms with Gasteiger partial charge in [-0.05, 0) is 17.7 Å². The summed E-state index contributed by atoms with van der Waals surface area (Å²) in [6.07, 6.45) is 1.75. The van der Waals surface area contributed by atoms with Crippen LogP contribution in [0.4, 0.5) is 9.93 Å². The van der Waals surface area contributed by atoms with Crippen LogP contribution >= 0.6 is 11.3 Å². The lowest BCUT2D eigenvalue weighted by Gasteiger charge is -2.11. The molecular formula is C19H19N3O3S. The van der Waals surface area contributed by atoms with Crippen LogP contribution < -0.4 is 20.1 Å². The molecule has 1 heterocycles. The fourth-order valence-corrected chi connectivity index (χ4v) is 3.20. The Morgan fingerprint density at radius 1 is 1.12 bits per heavy atom. The highest BCUT2D eigenvalue weighted by Gasteiger charge is 2.10. The van der Waals surface area contributed by atoms with Crippen LogP contribution in [0, 0.1) is 0 Å². The number of ether oxygens (including phenoxy) is 2. The van der Waals surface area contributed by atoms with E-state index in [0.29, 0.717) is 23.2 Å². The van der Waals surface area contributed by atoms with Gasteiger partial charge in [0.05, 0.1) is 19.1 Å². The van der Waals surface area contributed by atoms with Crippen LogP contribution in [0.25, 0.3) is 10.4 Å². The molecule has 3 rings (SSSR count). The topological polar surface area (TPSA) is 72.5 Å². The molecule has 2 N–H and O–H groups in total. The molecule has 0 spiro atoms. The first-order valence-corrected chi connectivity index (χ1v) is 8.78. The summed E-state index contributed by atoms with van der Waals surface area (Å²) < 4.78 is 10.5. The molecular weight excluding hydrogens is 350 g/mol. The molecule has 3 aromatic rings. The van der Waals surface area contributed by atoms with Gasteiger partial charge in [0.25, 0.3) is 0 Å². The highest BCUT2D eigenvalue weighted by atomic mass is 32.1. The predicted molar refractivity (Wildman–Crippen MR) is 103 cm³/mol. The smallest absolute Gasteiger partial charge is 0.321 e. The summed E-state index contributed by atoms with van der Waals surface area (Å²) in [5.41, 5.74) is 1.92. The van der Waals surface area contributed by atoms with Crippen LogP contribution in [0.2, 0.25) is 0 Å². The summed E-state index contributed by atoms with van der Waals surface area (Å²) in [4.78, 5) is 17.4. The molecule has 0 unspecified atom stereocenters. The molecule has 0 aliphatic carbocycles. The third kappa shape index (κ3) is 4.31. The quantitative estimate of drug-likeness (QED) is 0.685. The van der Waals surface area contributed by atoms with E-state index < -0.39 is 0 Å². The fourth-order valence-electron chi connectivity index (χ4n) is 2.38. The van der Waals surface area contributed by atoms with Crippen LogP contribution in [0.1, 0.15) is 5.56 Å². The Hall–Kier alpha value is -3.06. The zero-order valence-electron chi connectivity index (χ0n) is 14.5. The predicted octanol–water partition coefficient (Wildman–Crippen LogP) is 4.15. The fraction of sp³-hybridized carbons (Fsp3) is 0.158. The van der Waals surface area contributed by atoms with Gasteiger partial charge in [-0.2, -0.15) is 0 Å². The van der Waals surface area contributed by atoms with Crippen molar-refractivity contribution >= 4 is 22.5 Å². The summed E-state index contributed by atoms with van der Waals surface area (Å²) in [7, 11) is 3.18. The van der Waals surface area contributed by atoms with Crippen molar-refractivity contribution in [3.05, 3.63) is 60.3 Å². The van der Waals surface area contributed by atoms with Gasteiger partial charge in [-0.25, -0.2) is 9.78 Å². The van der Waals surface area contributed by atoms with Gasteiger partial charge in [0, 0.05) is 24.4 Å². The molecule has 7 heteroatoms. The van der Waals surface area contributed by atoms with Crippen molar-refractivity contribution in [3.8, 4) is 21.9 Å². The van der Waals surface area contributed by atoms with E-state index in [1.807, 2.05) is 42.5 Å². The third-order valence-electron chi connectivity index (χ3n) is 3.72. The first kappa shape index (κ1) is 17.8. The van der Waals surface area contributed by atoms with Gasteiger partial charge < -0.3 is 14.8 Å². The molecule has 0 fully saturated rings. The SMILES string of the molecule is COc1ccc(CNC(=O)Nc2ncc(-c3ccccc3)s2)c(OC)c1. The number of amides is 2. The number of nitrogens with zero attached hydrogens (tertiary/aromatic N) is 1. The Balaban J connectivity index is 1.59. The number of carbonyl (C=O) groups excluding carboxylic acids is 1. The third-order valence-corrected chi connectivity index (χ3v) is 4.68. The number of thiazole rings is 1. The Kier molecular flexibility index (Phi) is 5.70. The van der Waals surface area contributed by atoms with E-state index in [4.69, 9.17) is 9.47 Å². The number of methoxy groups -OCH3 is 2. The number of hydrogen-bond donors (Lipinski definition) is 2. The second-order valence-electron chi connectivity index (χ2n) is 5.38. The molecule has 0 saturated heterocycles. The van der Waals surface area contributed by atoms with Crippen molar-refractivity contribution in [2.75, 3.05) is 19.5 Å². The summed E-state index contributed by atoms with van der Waals surface area (Å²) >= 11 is 1.42. The summed E-state index contributed by atoms with van der Waals surface area (Å²) in [5, 5.41) is 6.10. The molecule has 2 aromatic carbocycles. The molecule has 0 atom stereocenters. The van der Waals surface area contributed by atoms with Crippen LogP contribution in [0.5, 0.6) is 11.5 Å². The summed E-state index contributed by atoms with van der Waals surface area (Å²) in [6, 6.07) is 15.1. The van der Waals surface area contributed by atoms with Gasteiger partial charge in [-0.15, -0.1) is 0 Å². The molecule has 2 amide bonds. The maximum absolute atomic E-state index is 12.1. The summed E-state index contributed by atoms with van der Waals surface area (Å²) in [6.45, 7) is 0.329. The number of aromatic nitrogens is 1. The second kappa shape index (κ2) is 8.35. The van der Waals surface area contributed by atoms with Crippen LogP contribution in [0.3, 0.4) is 0 Å². The highest BCUT2D eigenvalue weighted by Crippen LogP contribution is 2.28. The molecule has 0 aliphatic rings. The normalized spacial score (nSPS) is 10.2. The number of nitrogens with one attached hydrogen (secondary N) is 2. The van der Waals surface area contributed by atoms with Crippen molar-refractivity contribution in [2.45, 2.75) is 6.54 Å². The number of rotatable bonds is 6. The molecule has 0 radical (unpaired) electrons. The van der Waals surface area contributed by atoms with Gasteiger partial charge in [0.1, 0.15) is 11.5 Å². The van der Waals surface area contributed by atoms with Crippen LogP contribution in [-0.2, 0) is 6.54 Å². The lowest BCUT2D eigenvalue weighted by molar-refractivity contribution is 0.251. The second-order valence-corrected chi connectivity index (χ2v) is 6.41. The van der Waals surface area contributed by atoms with Gasteiger partial charge in [-0.1, -0.05) is 41.7 Å². The maximum atomic E-state index is 12.1. The lowest BCUT2D eigenvalue weighted by Crippen LogP contribution is -2.28. The molecule has 26 heavy (non-hydrogen) atoms. The lowest BCUT2D eigenvalue weighted by atomic mass is 10.2. The highest BCUT2D eigenvalue weighted by molar-refractivity contribution is 7.19. The van der Waals surface area contributed by atoms with E-state index in [1.54, 1.807) is 26.5 Å². The number of hydrogen-bond acceptors (Lipinski definition) is 5. The van der Waals surface area contributed by atoms with E-state index in [9.17, 15) is 4.79 Å². The molecule has 0 aliphatic heterocycles. The van der Waals surface area contributed by atoms with Crippen LogP contribution in [-0.4, -0.2) is 25.2 Å². The molecule has 0 bridgehead atoms. The Morgan fingerprint density at radius 3 is 2.65 bits per heavy atom. The zero-order valence-corrected chi connectivity index (χ0v) is 15.3. The number of anilines is 1. The average molecular weight is 369 g/mol. The van der Waals surface area contributed by atoms with Crippen molar-refractivity contribution in [1.82, 2.24) is 10.3 Å². The minimum atomic E-state index is -0.322. The molecule has 1 aromatic heterocycles. The van der Waals surface area contributed by atoms with Gasteiger partial charge in [-0.3, -0.25) is 5.32 Å². The van der Waals surface area contributed by atoms with E-state index >= 15 is 0 Å². The average Bonchev–Trinajstić information content (AvgIpc) is 3.15. The van der Waals surface area contributed by atoms with Gasteiger partial charge >= 0.3 is 6.03 Å². The van der Waals surface area contributed by atoms with E-state index in [1.165, 1.54) is 11.3 Å². The Morgan fingerprint density at radius 2 is 1.92 bits per heavy atom. The molecule has 0 saturated carbocycles. The summed E-state index contributed by atoms with van der Waals surface area (Å²) in [5.74, 6) is 1.36. The van der Waals surface area contributed by atoms with Crippen molar-refractivity contribution in [2.24, 2.45) is 0 Å². The van der Waals surface area contributed by atoms with E-state index in [0.717, 1.165) is 16.0 Å². The Bertz CT molecular complexity index is 881. The van der Waals surface area contributed by atoms with Gasteiger partial charge in [0.15, 0.2) is 5.13 Å². The number of carbonyl (C=O) groups is 1. The van der Waals surface area contributed by atoms with Gasteiger partial charge in [0.2, 0.25) is 0 Å². The molecule has 134 valence electrons. The van der Waals surface area contributed by atoms with E-state index in [2.05, 4.69) is 15.6 Å². The minimum Gasteiger partial charge on any atom is -0.497 e. The number of urea groups is 1. The van der Waals surface area contributed by atoms with Crippen molar-refractivity contribution in [3.63, 3.8) is 0 Å². The first-order chi connectivity index (χ1) is 12.7. The Labute approximate surface area is 155 Å².